The van der Waals surface area contributed by atoms with Crippen LogP contribution < -0.4 is 0 Å². The van der Waals surface area contributed by atoms with Crippen molar-refractivity contribution in [2.75, 3.05) is 19.7 Å². The first-order valence-corrected chi connectivity index (χ1v) is 6.33. The SMILES string of the molecule is CC(C)CN(CCC#N)C(=O)C1OCCC1C. The Balaban J connectivity index is 2.61. The van der Waals surface area contributed by atoms with Gasteiger partial charge in [-0.25, -0.2) is 0 Å². The molecule has 96 valence electrons. The molecule has 0 aromatic rings. The van der Waals surface area contributed by atoms with E-state index >= 15 is 0 Å². The third-order valence-electron chi connectivity index (χ3n) is 3.02. The molecule has 1 rings (SSSR count). The number of nitriles is 1. The Morgan fingerprint density at radius 1 is 1.59 bits per heavy atom. The molecule has 1 fully saturated rings. The number of hydrogen-bond donors (Lipinski definition) is 0. The molecule has 0 aliphatic carbocycles. The summed E-state index contributed by atoms with van der Waals surface area (Å²) in [5.41, 5.74) is 0. The van der Waals surface area contributed by atoms with E-state index in [0.29, 0.717) is 38.0 Å². The molecule has 2 unspecified atom stereocenters. The summed E-state index contributed by atoms with van der Waals surface area (Å²) in [6.45, 7) is 8.09. The normalized spacial score (nSPS) is 23.7. The van der Waals surface area contributed by atoms with Gasteiger partial charge in [-0.05, 0) is 18.3 Å². The third kappa shape index (κ3) is 4.01. The van der Waals surface area contributed by atoms with Crippen molar-refractivity contribution in [2.24, 2.45) is 11.8 Å². The predicted molar refractivity (Wildman–Crippen MR) is 65.2 cm³/mol. The molecule has 1 saturated heterocycles. The van der Waals surface area contributed by atoms with Crippen LogP contribution in [0.3, 0.4) is 0 Å². The van der Waals surface area contributed by atoms with Crippen molar-refractivity contribution in [2.45, 2.75) is 39.7 Å². The first kappa shape index (κ1) is 14.0. The molecule has 0 bridgehead atoms. The molecule has 0 radical (unpaired) electrons. The molecule has 0 aromatic heterocycles. The van der Waals surface area contributed by atoms with Crippen LogP contribution in [0.5, 0.6) is 0 Å². The van der Waals surface area contributed by atoms with Crippen molar-refractivity contribution >= 4 is 5.91 Å². The molecule has 1 amide bonds. The molecule has 0 N–H and O–H groups in total. The van der Waals surface area contributed by atoms with E-state index in [2.05, 4.69) is 19.9 Å². The van der Waals surface area contributed by atoms with Crippen LogP contribution in [0.1, 0.15) is 33.6 Å². The Hall–Kier alpha value is -1.08. The van der Waals surface area contributed by atoms with E-state index in [1.807, 2.05) is 6.92 Å². The van der Waals surface area contributed by atoms with Crippen LogP contribution in [-0.2, 0) is 9.53 Å². The van der Waals surface area contributed by atoms with Crippen LogP contribution in [0.4, 0.5) is 0 Å². The summed E-state index contributed by atoms with van der Waals surface area (Å²) in [6, 6.07) is 2.09. The van der Waals surface area contributed by atoms with E-state index < -0.39 is 0 Å². The molecule has 4 nitrogen and oxygen atoms in total. The van der Waals surface area contributed by atoms with Crippen LogP contribution >= 0.6 is 0 Å². The van der Waals surface area contributed by atoms with Gasteiger partial charge in [-0.1, -0.05) is 20.8 Å². The summed E-state index contributed by atoms with van der Waals surface area (Å²) >= 11 is 0. The van der Waals surface area contributed by atoms with Gasteiger partial charge in [-0.15, -0.1) is 0 Å². The van der Waals surface area contributed by atoms with E-state index in [1.54, 1.807) is 4.90 Å². The standard InChI is InChI=1S/C13H22N2O2/c1-10(2)9-15(7-4-6-14)13(16)12-11(3)5-8-17-12/h10-12H,4-5,7-9H2,1-3H3. The molecule has 0 aromatic carbocycles. The van der Waals surface area contributed by atoms with Crippen LogP contribution in [0.15, 0.2) is 0 Å². The minimum absolute atomic E-state index is 0.0546. The first-order valence-electron chi connectivity index (χ1n) is 6.33. The Morgan fingerprint density at radius 2 is 2.29 bits per heavy atom. The molecule has 2 atom stereocenters. The van der Waals surface area contributed by atoms with Gasteiger partial charge in [-0.3, -0.25) is 4.79 Å². The van der Waals surface area contributed by atoms with Crippen LogP contribution in [-0.4, -0.2) is 36.6 Å². The average molecular weight is 238 g/mol. The van der Waals surface area contributed by atoms with Crippen molar-refractivity contribution in [1.82, 2.24) is 4.90 Å². The van der Waals surface area contributed by atoms with E-state index in [-0.39, 0.29) is 12.0 Å². The van der Waals surface area contributed by atoms with Crippen molar-refractivity contribution in [3.05, 3.63) is 0 Å². The highest BCUT2D eigenvalue weighted by Gasteiger charge is 2.33. The lowest BCUT2D eigenvalue weighted by atomic mass is 10.0. The first-order chi connectivity index (χ1) is 8.06. The van der Waals surface area contributed by atoms with E-state index in [4.69, 9.17) is 10.00 Å². The van der Waals surface area contributed by atoms with Crippen molar-refractivity contribution < 1.29 is 9.53 Å². The minimum atomic E-state index is -0.299. The van der Waals surface area contributed by atoms with Gasteiger partial charge in [0.2, 0.25) is 0 Å². The van der Waals surface area contributed by atoms with E-state index in [0.717, 1.165) is 6.42 Å². The number of carbonyl (C=O) groups excluding carboxylic acids is 1. The lowest BCUT2D eigenvalue weighted by Crippen LogP contribution is -2.43. The zero-order valence-electron chi connectivity index (χ0n) is 11.0. The monoisotopic (exact) mass is 238 g/mol. The van der Waals surface area contributed by atoms with Gasteiger partial charge in [0.1, 0.15) is 6.10 Å². The maximum absolute atomic E-state index is 12.3. The topological polar surface area (TPSA) is 53.3 Å². The average Bonchev–Trinajstić information content (AvgIpc) is 2.69. The third-order valence-corrected chi connectivity index (χ3v) is 3.02. The zero-order chi connectivity index (χ0) is 12.8. The van der Waals surface area contributed by atoms with Crippen molar-refractivity contribution in [3.63, 3.8) is 0 Å². The number of amides is 1. The Labute approximate surface area is 104 Å². The highest BCUT2D eigenvalue weighted by Crippen LogP contribution is 2.22. The van der Waals surface area contributed by atoms with Crippen molar-refractivity contribution in [3.8, 4) is 6.07 Å². The molecule has 0 saturated carbocycles. The Kier molecular flexibility index (Phi) is 5.43. The molecular formula is C13H22N2O2. The van der Waals surface area contributed by atoms with Crippen LogP contribution in [0, 0.1) is 23.2 Å². The number of nitrogens with zero attached hydrogens (tertiary/aromatic N) is 2. The second-order valence-electron chi connectivity index (χ2n) is 5.14. The van der Waals surface area contributed by atoms with Crippen LogP contribution in [0.25, 0.3) is 0 Å². The number of hydrogen-bond acceptors (Lipinski definition) is 3. The lowest BCUT2D eigenvalue weighted by Gasteiger charge is -2.27. The largest absolute Gasteiger partial charge is 0.368 e. The van der Waals surface area contributed by atoms with E-state index in [1.165, 1.54) is 0 Å². The number of carbonyl (C=O) groups is 1. The van der Waals surface area contributed by atoms with Gasteiger partial charge < -0.3 is 9.64 Å². The van der Waals surface area contributed by atoms with Gasteiger partial charge in [0.15, 0.2) is 0 Å². The Morgan fingerprint density at radius 3 is 2.76 bits per heavy atom. The summed E-state index contributed by atoms with van der Waals surface area (Å²) in [6.07, 6.45) is 1.04. The highest BCUT2D eigenvalue weighted by atomic mass is 16.5. The second kappa shape index (κ2) is 6.61. The summed E-state index contributed by atoms with van der Waals surface area (Å²) in [4.78, 5) is 14.1. The number of rotatable bonds is 5. The zero-order valence-corrected chi connectivity index (χ0v) is 11.0. The van der Waals surface area contributed by atoms with Gasteiger partial charge in [0.05, 0.1) is 12.5 Å². The van der Waals surface area contributed by atoms with Gasteiger partial charge in [0, 0.05) is 19.7 Å². The number of ether oxygens (including phenoxy) is 1. The fourth-order valence-corrected chi connectivity index (χ4v) is 2.11. The summed E-state index contributed by atoms with van der Waals surface area (Å²) in [5.74, 6) is 0.757. The van der Waals surface area contributed by atoms with Gasteiger partial charge in [-0.2, -0.15) is 5.26 Å². The Bertz CT molecular complexity index is 296. The maximum atomic E-state index is 12.3. The van der Waals surface area contributed by atoms with E-state index in [9.17, 15) is 4.79 Å². The van der Waals surface area contributed by atoms with Gasteiger partial charge in [0.25, 0.3) is 5.91 Å². The highest BCUT2D eigenvalue weighted by molar-refractivity contribution is 5.81. The fourth-order valence-electron chi connectivity index (χ4n) is 2.11. The molecule has 4 heteroatoms. The fraction of sp³-hybridized carbons (Fsp3) is 0.846. The maximum Gasteiger partial charge on any atom is 0.252 e. The summed E-state index contributed by atoms with van der Waals surface area (Å²) < 4.78 is 5.50. The lowest BCUT2D eigenvalue weighted by molar-refractivity contribution is -0.143. The summed E-state index contributed by atoms with van der Waals surface area (Å²) in [5, 5.41) is 8.63. The molecule has 1 heterocycles. The summed E-state index contributed by atoms with van der Waals surface area (Å²) in [7, 11) is 0. The van der Waals surface area contributed by atoms with Gasteiger partial charge >= 0.3 is 0 Å². The van der Waals surface area contributed by atoms with Crippen molar-refractivity contribution in [1.29, 1.82) is 5.26 Å². The quantitative estimate of drug-likeness (QED) is 0.734. The molecule has 17 heavy (non-hydrogen) atoms. The minimum Gasteiger partial charge on any atom is -0.368 e. The predicted octanol–water partition coefficient (Wildman–Crippen LogP) is 1.81. The molecular weight excluding hydrogens is 216 g/mol. The van der Waals surface area contributed by atoms with Crippen LogP contribution in [0.2, 0.25) is 0 Å². The second-order valence-corrected chi connectivity index (χ2v) is 5.14. The smallest absolute Gasteiger partial charge is 0.252 e. The molecule has 1 aliphatic heterocycles. The molecule has 0 spiro atoms. The molecule has 1 aliphatic rings.